The molecule has 0 aromatic heterocycles. The molecule has 1 aromatic rings. The van der Waals surface area contributed by atoms with Crippen LogP contribution in [-0.2, 0) is 0 Å². The van der Waals surface area contributed by atoms with Gasteiger partial charge in [0.25, 0.3) is 5.69 Å². The molecule has 0 radical (unpaired) electrons. The average Bonchev–Trinajstić information content (AvgIpc) is 2.48. The highest BCUT2D eigenvalue weighted by molar-refractivity contribution is 5.49. The van der Waals surface area contributed by atoms with E-state index < -0.39 is 0 Å². The van der Waals surface area contributed by atoms with Gasteiger partial charge in [-0.15, -0.1) is 0 Å². The van der Waals surface area contributed by atoms with Gasteiger partial charge in [0.1, 0.15) is 0 Å². The fourth-order valence-electron chi connectivity index (χ4n) is 2.13. The number of hydrogen-bond donors (Lipinski definition) is 2. The van der Waals surface area contributed by atoms with Crippen molar-refractivity contribution in [2.75, 3.05) is 14.1 Å². The number of nitro groups is 1. The normalized spacial score (nSPS) is 14.1. The van der Waals surface area contributed by atoms with Crippen LogP contribution in [0.3, 0.4) is 0 Å². The first-order valence-electron chi connectivity index (χ1n) is 7.22. The monoisotopic (exact) mass is 306 g/mol. The summed E-state index contributed by atoms with van der Waals surface area (Å²) in [7, 11) is 3.62. The fourth-order valence-corrected chi connectivity index (χ4v) is 2.13. The first-order valence-corrected chi connectivity index (χ1v) is 7.22. The zero-order valence-corrected chi connectivity index (χ0v) is 13.6. The van der Waals surface area contributed by atoms with E-state index in [0.29, 0.717) is 5.92 Å². The van der Waals surface area contributed by atoms with Gasteiger partial charge in [0, 0.05) is 26.2 Å². The van der Waals surface area contributed by atoms with Gasteiger partial charge in [0.05, 0.1) is 11.3 Å². The molecule has 1 unspecified atom stereocenters. The van der Waals surface area contributed by atoms with Crippen LogP contribution in [0.5, 0.6) is 0 Å². The molecule has 1 atom stereocenters. The fraction of sp³-hybridized carbons (Fsp3) is 0.500. The molecule has 122 valence electrons. The second kappa shape index (κ2) is 10.5. The highest BCUT2D eigenvalue weighted by Gasteiger charge is 2.25. The zero-order chi connectivity index (χ0) is 17.1. The Morgan fingerprint density at radius 3 is 2.32 bits per heavy atom. The Kier molecular flexibility index (Phi) is 9.41. The number of hydrogen-bond acceptors (Lipinski definition) is 4. The molecule has 1 saturated carbocycles. The van der Waals surface area contributed by atoms with Gasteiger partial charge in [-0.05, 0) is 37.0 Å². The molecule has 6 nitrogen and oxygen atoms in total. The third-order valence-corrected chi connectivity index (χ3v) is 3.72. The van der Waals surface area contributed by atoms with Crippen molar-refractivity contribution in [2.24, 2.45) is 5.92 Å². The van der Waals surface area contributed by atoms with Gasteiger partial charge in [0.15, 0.2) is 0 Å². The van der Waals surface area contributed by atoms with E-state index in [4.69, 9.17) is 10.8 Å². The maximum atomic E-state index is 10.6. The lowest BCUT2D eigenvalue weighted by molar-refractivity contribution is -0.384. The van der Waals surface area contributed by atoms with Crippen molar-refractivity contribution in [1.82, 2.24) is 4.90 Å². The maximum Gasteiger partial charge on any atom is 0.269 e. The van der Waals surface area contributed by atoms with Gasteiger partial charge >= 0.3 is 0 Å². The van der Waals surface area contributed by atoms with E-state index in [1.807, 2.05) is 20.2 Å². The number of nitrogens with zero attached hydrogens (tertiary/aromatic N) is 2. The number of nitro benzene ring substituents is 1. The first-order chi connectivity index (χ1) is 10.5. The molecule has 22 heavy (non-hydrogen) atoms. The Morgan fingerprint density at radius 2 is 1.95 bits per heavy atom. The molecule has 1 aliphatic rings. The van der Waals surface area contributed by atoms with Crippen LogP contribution in [0.15, 0.2) is 24.3 Å². The van der Waals surface area contributed by atoms with Crippen LogP contribution in [0.1, 0.15) is 37.7 Å². The van der Waals surface area contributed by atoms with Crippen LogP contribution in [0, 0.1) is 26.9 Å². The minimum absolute atomic E-state index is 0.207. The summed E-state index contributed by atoms with van der Waals surface area (Å²) in [6.07, 6.45) is 5.09. The van der Waals surface area contributed by atoms with Gasteiger partial charge in [0.2, 0.25) is 0 Å². The second-order valence-electron chi connectivity index (χ2n) is 5.42. The maximum absolute atomic E-state index is 10.6. The standard InChI is InChI=1S/C12H15NO2.C3H8N2.CH3N/c1-9(10-4-2-5-10)11-6-3-7-12(8-11)13(14)15;1-5(2)3-4;1-2/h3,6-10H,2,4-5H2,1H3;3-4H,1-2H3;2H,1H2. The van der Waals surface area contributed by atoms with E-state index in [9.17, 15) is 10.1 Å². The summed E-state index contributed by atoms with van der Waals surface area (Å²) in [6.45, 7) is 4.67. The predicted octanol–water partition coefficient (Wildman–Crippen LogP) is 3.92. The number of non-ortho nitro benzene ring substituents is 1. The van der Waals surface area contributed by atoms with Crippen LogP contribution in [-0.4, -0.2) is 37.0 Å². The lowest BCUT2D eigenvalue weighted by atomic mass is 9.74. The number of nitrogens with one attached hydrogen (secondary N) is 2. The number of benzene rings is 1. The molecule has 2 rings (SSSR count). The molecule has 0 amide bonds. The Bertz CT molecular complexity index is 473. The summed E-state index contributed by atoms with van der Waals surface area (Å²) in [6, 6.07) is 7.04. The molecule has 2 N–H and O–H groups in total. The van der Waals surface area contributed by atoms with Gasteiger partial charge in [-0.2, -0.15) is 0 Å². The second-order valence-corrected chi connectivity index (χ2v) is 5.42. The van der Waals surface area contributed by atoms with Crippen molar-refractivity contribution < 1.29 is 4.92 Å². The van der Waals surface area contributed by atoms with Crippen LogP contribution >= 0.6 is 0 Å². The smallest absolute Gasteiger partial charge is 0.269 e. The van der Waals surface area contributed by atoms with Crippen molar-refractivity contribution in [3.05, 3.63) is 39.9 Å². The quantitative estimate of drug-likeness (QED) is 0.382. The molecule has 1 fully saturated rings. The van der Waals surface area contributed by atoms with Crippen molar-refractivity contribution in [2.45, 2.75) is 32.1 Å². The van der Waals surface area contributed by atoms with Crippen LogP contribution in [0.25, 0.3) is 0 Å². The van der Waals surface area contributed by atoms with E-state index >= 15 is 0 Å². The molecular weight excluding hydrogens is 280 g/mol. The van der Waals surface area contributed by atoms with Crippen molar-refractivity contribution in [3.8, 4) is 0 Å². The molecule has 0 heterocycles. The van der Waals surface area contributed by atoms with Crippen LogP contribution in [0.4, 0.5) is 5.69 Å². The molecule has 1 aliphatic carbocycles. The number of rotatable bonds is 4. The Hall–Kier alpha value is -2.24. The van der Waals surface area contributed by atoms with Gasteiger partial charge < -0.3 is 10.3 Å². The van der Waals surface area contributed by atoms with Gasteiger partial charge in [-0.25, -0.2) is 0 Å². The van der Waals surface area contributed by atoms with E-state index in [2.05, 4.69) is 13.6 Å². The summed E-state index contributed by atoms with van der Waals surface area (Å²) >= 11 is 0. The molecular formula is C16H26N4O2. The highest BCUT2D eigenvalue weighted by atomic mass is 16.6. The molecule has 0 bridgehead atoms. The molecule has 0 spiro atoms. The van der Waals surface area contributed by atoms with E-state index in [-0.39, 0.29) is 10.6 Å². The van der Waals surface area contributed by atoms with Crippen molar-refractivity contribution in [3.63, 3.8) is 0 Å². The average molecular weight is 306 g/mol. The van der Waals surface area contributed by atoms with Gasteiger partial charge in [-0.3, -0.25) is 15.5 Å². The lowest BCUT2D eigenvalue weighted by Crippen LogP contribution is -2.18. The minimum atomic E-state index is -0.322. The van der Waals surface area contributed by atoms with Crippen molar-refractivity contribution >= 4 is 18.7 Å². The first kappa shape index (κ1) is 19.8. The third kappa shape index (κ3) is 6.47. The van der Waals surface area contributed by atoms with Crippen LogP contribution in [0.2, 0.25) is 0 Å². The Balaban J connectivity index is 0.000000540. The topological polar surface area (TPSA) is 94.1 Å². The summed E-state index contributed by atoms with van der Waals surface area (Å²) in [4.78, 5) is 12.0. The summed E-state index contributed by atoms with van der Waals surface area (Å²) in [5.41, 5.74) is 1.31. The highest BCUT2D eigenvalue weighted by Crippen LogP contribution is 2.39. The summed E-state index contributed by atoms with van der Waals surface area (Å²) < 4.78 is 0. The summed E-state index contributed by atoms with van der Waals surface area (Å²) in [5, 5.41) is 22.6. The molecule has 0 saturated heterocycles. The van der Waals surface area contributed by atoms with E-state index in [1.165, 1.54) is 25.6 Å². The lowest BCUT2D eigenvalue weighted by Gasteiger charge is -2.31. The Morgan fingerprint density at radius 1 is 1.41 bits per heavy atom. The molecule has 1 aromatic carbocycles. The zero-order valence-electron chi connectivity index (χ0n) is 13.6. The molecule has 6 heteroatoms. The van der Waals surface area contributed by atoms with E-state index in [1.54, 1.807) is 23.1 Å². The third-order valence-electron chi connectivity index (χ3n) is 3.72. The van der Waals surface area contributed by atoms with E-state index in [0.717, 1.165) is 11.5 Å². The largest absolute Gasteiger partial charge is 0.369 e. The van der Waals surface area contributed by atoms with Crippen molar-refractivity contribution in [1.29, 1.82) is 10.8 Å². The minimum Gasteiger partial charge on any atom is -0.369 e. The summed E-state index contributed by atoms with van der Waals surface area (Å²) in [5.74, 6) is 1.19. The van der Waals surface area contributed by atoms with Crippen LogP contribution < -0.4 is 0 Å². The van der Waals surface area contributed by atoms with Gasteiger partial charge in [-0.1, -0.05) is 25.5 Å². The SMILES string of the molecule is C=N.CC(c1cccc([N+](=O)[O-])c1)C1CCC1.CN(C)C=N. The Labute approximate surface area is 132 Å². The predicted molar refractivity (Wildman–Crippen MR) is 91.2 cm³/mol. The molecule has 0 aliphatic heterocycles.